The van der Waals surface area contributed by atoms with Gasteiger partial charge in [0.25, 0.3) is 0 Å². The average Bonchev–Trinajstić information content (AvgIpc) is 3.71. The van der Waals surface area contributed by atoms with Crippen LogP contribution < -0.4 is 0 Å². The minimum Gasteiger partial charge on any atom is -0.308 e. The molecule has 11 aromatic rings. The van der Waals surface area contributed by atoms with Gasteiger partial charge < -0.3 is 4.57 Å². The second-order valence-electron chi connectivity index (χ2n) is 13.3. The Balaban J connectivity index is 1.32. The van der Waals surface area contributed by atoms with Crippen molar-refractivity contribution in [2.24, 2.45) is 0 Å². The minimum atomic E-state index is 0.577. The summed E-state index contributed by atoms with van der Waals surface area (Å²) in [5.41, 5.74) is 7.42. The van der Waals surface area contributed by atoms with Gasteiger partial charge in [-0.05, 0) is 46.5 Å². The highest BCUT2D eigenvalue weighted by Crippen LogP contribution is 2.44. The van der Waals surface area contributed by atoms with E-state index in [1.54, 1.807) is 0 Å². The van der Waals surface area contributed by atoms with Crippen LogP contribution in [0.4, 0.5) is 0 Å². The smallest absolute Gasteiger partial charge is 0.238 e. The van der Waals surface area contributed by atoms with E-state index in [2.05, 4.69) is 149 Å². The Bertz CT molecular complexity index is 3120. The number of rotatable bonds is 4. The maximum atomic E-state index is 5.21. The molecule has 0 aliphatic rings. The number of benzene rings is 8. The van der Waals surface area contributed by atoms with Gasteiger partial charge in [0.05, 0.1) is 27.8 Å². The summed E-state index contributed by atoms with van der Waals surface area (Å²) < 4.78 is 4.71. The van der Waals surface area contributed by atoms with E-state index in [4.69, 9.17) is 15.0 Å². The molecule has 11 rings (SSSR count). The first-order valence-corrected chi connectivity index (χ1v) is 17.5. The van der Waals surface area contributed by atoms with E-state index in [1.165, 1.54) is 38.0 Å². The van der Waals surface area contributed by atoms with E-state index in [1.807, 2.05) is 36.4 Å². The third kappa shape index (κ3) is 4.26. The molecule has 0 unspecified atom stereocenters. The Hall–Kier alpha value is -7.11. The Morgan fingerprint density at radius 3 is 1.50 bits per heavy atom. The summed E-state index contributed by atoms with van der Waals surface area (Å²) in [6.07, 6.45) is 0. The number of hydrogen-bond acceptors (Lipinski definition) is 3. The fourth-order valence-corrected chi connectivity index (χ4v) is 8.01. The van der Waals surface area contributed by atoms with Crippen LogP contribution in [-0.4, -0.2) is 24.1 Å². The standard InChI is InChI=1S/C47H29N5/c1-3-15-30(16-4-1)45-48-46(31-17-5-2-6-18-31)50-47(49-45)52-40-26-14-12-24-37(40)43-42(52)29-34-21-9-10-22-35(34)44(43)51-39-25-13-11-23-36(39)38-27-32-19-7-8-20-33(32)28-41(38)51/h1-29H. The van der Waals surface area contributed by atoms with Crippen molar-refractivity contribution in [2.45, 2.75) is 0 Å². The Labute approximate surface area is 298 Å². The van der Waals surface area contributed by atoms with Crippen molar-refractivity contribution < 1.29 is 0 Å². The zero-order valence-electron chi connectivity index (χ0n) is 28.0. The summed E-state index contributed by atoms with van der Waals surface area (Å²) in [6.45, 7) is 0. The normalized spacial score (nSPS) is 11.8. The van der Waals surface area contributed by atoms with Gasteiger partial charge in [-0.25, -0.2) is 4.98 Å². The topological polar surface area (TPSA) is 48.5 Å². The lowest BCUT2D eigenvalue weighted by atomic mass is 10.0. The second-order valence-corrected chi connectivity index (χ2v) is 13.3. The van der Waals surface area contributed by atoms with Crippen LogP contribution in [0.2, 0.25) is 0 Å². The highest BCUT2D eigenvalue weighted by molar-refractivity contribution is 6.22. The van der Waals surface area contributed by atoms with E-state index < -0.39 is 0 Å². The van der Waals surface area contributed by atoms with Crippen molar-refractivity contribution in [3.63, 3.8) is 0 Å². The first-order chi connectivity index (χ1) is 25.8. The van der Waals surface area contributed by atoms with Crippen molar-refractivity contribution >= 4 is 65.2 Å². The zero-order valence-corrected chi connectivity index (χ0v) is 28.0. The van der Waals surface area contributed by atoms with Gasteiger partial charge in [0, 0.05) is 38.1 Å². The third-order valence-corrected chi connectivity index (χ3v) is 10.3. The molecule has 5 heteroatoms. The molecule has 3 heterocycles. The number of nitrogens with zero attached hydrogens (tertiary/aromatic N) is 5. The van der Waals surface area contributed by atoms with Gasteiger partial charge in [-0.15, -0.1) is 0 Å². The monoisotopic (exact) mass is 663 g/mol. The van der Waals surface area contributed by atoms with Crippen LogP contribution >= 0.6 is 0 Å². The number of fused-ring (bicyclic) bond motifs is 8. The molecule has 0 N–H and O–H groups in total. The van der Waals surface area contributed by atoms with E-state index in [0.29, 0.717) is 17.6 Å². The van der Waals surface area contributed by atoms with E-state index in [0.717, 1.165) is 44.0 Å². The Morgan fingerprint density at radius 2 is 0.827 bits per heavy atom. The molecule has 0 saturated carbocycles. The fraction of sp³-hybridized carbons (Fsp3) is 0. The first kappa shape index (κ1) is 28.7. The van der Waals surface area contributed by atoms with Gasteiger partial charge in [-0.1, -0.05) is 146 Å². The summed E-state index contributed by atoms with van der Waals surface area (Å²) in [4.78, 5) is 15.4. The van der Waals surface area contributed by atoms with Crippen LogP contribution in [0, 0.1) is 0 Å². The maximum Gasteiger partial charge on any atom is 0.238 e. The molecular formula is C47H29N5. The van der Waals surface area contributed by atoms with Crippen molar-refractivity contribution in [2.75, 3.05) is 0 Å². The van der Waals surface area contributed by atoms with E-state index >= 15 is 0 Å². The van der Waals surface area contributed by atoms with E-state index in [-0.39, 0.29) is 0 Å². The Kier molecular flexibility index (Phi) is 6.18. The van der Waals surface area contributed by atoms with Gasteiger partial charge in [0.1, 0.15) is 0 Å². The van der Waals surface area contributed by atoms with Gasteiger partial charge >= 0.3 is 0 Å². The molecule has 52 heavy (non-hydrogen) atoms. The van der Waals surface area contributed by atoms with E-state index in [9.17, 15) is 0 Å². The average molecular weight is 664 g/mol. The van der Waals surface area contributed by atoms with Gasteiger partial charge in [-0.2, -0.15) is 9.97 Å². The maximum absolute atomic E-state index is 5.21. The second kappa shape index (κ2) is 11.2. The summed E-state index contributed by atoms with van der Waals surface area (Å²) >= 11 is 0. The largest absolute Gasteiger partial charge is 0.308 e. The molecule has 0 saturated heterocycles. The molecule has 0 radical (unpaired) electrons. The lowest BCUT2D eigenvalue weighted by Crippen LogP contribution is -2.06. The summed E-state index contributed by atoms with van der Waals surface area (Å²) in [5.74, 6) is 1.84. The number of para-hydroxylation sites is 2. The van der Waals surface area contributed by atoms with Crippen molar-refractivity contribution in [3.8, 4) is 34.4 Å². The molecule has 8 aromatic carbocycles. The van der Waals surface area contributed by atoms with Gasteiger partial charge in [0.15, 0.2) is 11.6 Å². The fourth-order valence-electron chi connectivity index (χ4n) is 8.01. The molecule has 5 nitrogen and oxygen atoms in total. The molecule has 0 amide bonds. The highest BCUT2D eigenvalue weighted by Gasteiger charge is 2.24. The van der Waals surface area contributed by atoms with Gasteiger partial charge in [-0.3, -0.25) is 4.57 Å². The predicted octanol–water partition coefficient (Wildman–Crippen LogP) is 11.7. The minimum absolute atomic E-state index is 0.577. The van der Waals surface area contributed by atoms with Crippen molar-refractivity contribution in [1.82, 2.24) is 24.1 Å². The lowest BCUT2D eigenvalue weighted by molar-refractivity contribution is 0.953. The molecule has 0 atom stereocenters. The summed E-state index contributed by atoms with van der Waals surface area (Å²) in [7, 11) is 0. The van der Waals surface area contributed by atoms with Crippen LogP contribution in [0.25, 0.3) is 99.6 Å². The molecule has 0 bridgehead atoms. The quantitative estimate of drug-likeness (QED) is 0.188. The van der Waals surface area contributed by atoms with Crippen molar-refractivity contribution in [1.29, 1.82) is 0 Å². The van der Waals surface area contributed by atoms with Crippen LogP contribution in [0.5, 0.6) is 0 Å². The van der Waals surface area contributed by atoms with Crippen LogP contribution in [-0.2, 0) is 0 Å². The predicted molar refractivity (Wildman–Crippen MR) is 214 cm³/mol. The zero-order chi connectivity index (χ0) is 34.2. The third-order valence-electron chi connectivity index (χ3n) is 10.3. The molecule has 0 spiro atoms. The first-order valence-electron chi connectivity index (χ1n) is 17.5. The molecule has 0 aliphatic heterocycles. The molecular weight excluding hydrogens is 635 g/mol. The number of hydrogen-bond donors (Lipinski definition) is 0. The lowest BCUT2D eigenvalue weighted by Gasteiger charge is -2.15. The summed E-state index contributed by atoms with van der Waals surface area (Å²) in [5, 5.41) is 9.50. The SMILES string of the molecule is c1ccc(-c2nc(-c3ccccc3)nc(-n3c4ccccc4c4c(-n5c6ccccc6c6cc7ccccc7cc65)c5ccccc5cc43)n2)cc1. The molecule has 0 aliphatic carbocycles. The summed E-state index contributed by atoms with van der Waals surface area (Å²) in [6, 6.07) is 62.1. The molecule has 242 valence electrons. The van der Waals surface area contributed by atoms with Crippen LogP contribution in [0.15, 0.2) is 176 Å². The van der Waals surface area contributed by atoms with Crippen LogP contribution in [0.3, 0.4) is 0 Å². The highest BCUT2D eigenvalue weighted by atomic mass is 15.2. The Morgan fingerprint density at radius 1 is 0.327 bits per heavy atom. The van der Waals surface area contributed by atoms with Gasteiger partial charge in [0.2, 0.25) is 5.95 Å². The molecule has 3 aromatic heterocycles. The van der Waals surface area contributed by atoms with Crippen LogP contribution in [0.1, 0.15) is 0 Å². The number of aromatic nitrogens is 5. The molecule has 0 fully saturated rings. The van der Waals surface area contributed by atoms with Crippen molar-refractivity contribution in [3.05, 3.63) is 176 Å².